The predicted molar refractivity (Wildman–Crippen MR) is 53.9 cm³/mol. The Kier molecular flexibility index (Phi) is 2.64. The molecular weight excluding hydrogens is 211 g/mol. The van der Waals surface area contributed by atoms with Gasteiger partial charge in [0.05, 0.1) is 11.1 Å². The Labute approximate surface area is 90.5 Å². The van der Waals surface area contributed by atoms with E-state index in [2.05, 4.69) is 0 Å². The van der Waals surface area contributed by atoms with Crippen molar-refractivity contribution < 1.29 is 18.4 Å². The van der Waals surface area contributed by atoms with Crippen molar-refractivity contribution in [3.05, 3.63) is 59.3 Å². The van der Waals surface area contributed by atoms with Crippen LogP contribution in [0.5, 0.6) is 0 Å². The van der Waals surface area contributed by atoms with Crippen LogP contribution in [0.1, 0.15) is 26.5 Å². The Bertz CT molecular complexity index is 543. The van der Waals surface area contributed by atoms with Crippen LogP contribution in [0.3, 0.4) is 0 Å². The summed E-state index contributed by atoms with van der Waals surface area (Å²) in [5.74, 6) is -1.06. The van der Waals surface area contributed by atoms with Crippen LogP contribution in [-0.2, 0) is 0 Å². The SMILES string of the molecule is O=Cc1cc(C(=O)c2ccccc2F)co1. The minimum absolute atomic E-state index is 0.0410. The largest absolute Gasteiger partial charge is 0.461 e. The maximum absolute atomic E-state index is 13.3. The zero-order chi connectivity index (χ0) is 11.5. The highest BCUT2D eigenvalue weighted by atomic mass is 19.1. The average Bonchev–Trinajstić information content (AvgIpc) is 2.77. The second kappa shape index (κ2) is 4.10. The van der Waals surface area contributed by atoms with Gasteiger partial charge in [-0.3, -0.25) is 9.59 Å². The molecule has 0 aliphatic carbocycles. The number of ketones is 1. The molecule has 0 amide bonds. The van der Waals surface area contributed by atoms with E-state index in [0.29, 0.717) is 6.29 Å². The smallest absolute Gasteiger partial charge is 0.199 e. The third kappa shape index (κ3) is 1.77. The van der Waals surface area contributed by atoms with Crippen molar-refractivity contribution in [3.8, 4) is 0 Å². The number of hydrogen-bond acceptors (Lipinski definition) is 3. The summed E-state index contributed by atoms with van der Waals surface area (Å²) < 4.78 is 18.1. The monoisotopic (exact) mass is 218 g/mol. The van der Waals surface area contributed by atoms with Crippen LogP contribution in [0.4, 0.5) is 4.39 Å². The summed E-state index contributed by atoms with van der Waals surface area (Å²) in [7, 11) is 0. The van der Waals surface area contributed by atoms with E-state index in [1.165, 1.54) is 24.3 Å². The molecule has 0 saturated carbocycles. The number of carbonyl (C=O) groups excluding carboxylic acids is 2. The second-order valence-corrected chi connectivity index (χ2v) is 3.16. The summed E-state index contributed by atoms with van der Waals surface area (Å²) in [4.78, 5) is 22.1. The summed E-state index contributed by atoms with van der Waals surface area (Å²) in [6.45, 7) is 0. The van der Waals surface area contributed by atoms with Gasteiger partial charge in [0.1, 0.15) is 12.1 Å². The first-order chi connectivity index (χ1) is 7.72. The van der Waals surface area contributed by atoms with Crippen molar-refractivity contribution >= 4 is 12.1 Å². The molecular formula is C12H7FO3. The van der Waals surface area contributed by atoms with Gasteiger partial charge >= 0.3 is 0 Å². The Hall–Kier alpha value is -2.23. The van der Waals surface area contributed by atoms with Gasteiger partial charge < -0.3 is 4.42 Å². The minimum Gasteiger partial charge on any atom is -0.461 e. The highest BCUT2D eigenvalue weighted by Gasteiger charge is 2.15. The summed E-state index contributed by atoms with van der Waals surface area (Å²) in [5.41, 5.74) is 0.118. The summed E-state index contributed by atoms with van der Waals surface area (Å²) >= 11 is 0. The van der Waals surface area contributed by atoms with Gasteiger partial charge in [-0.15, -0.1) is 0 Å². The molecule has 0 spiro atoms. The molecule has 80 valence electrons. The number of furan rings is 1. The molecule has 1 aromatic carbocycles. The van der Waals surface area contributed by atoms with Crippen LogP contribution in [0.25, 0.3) is 0 Å². The number of carbonyl (C=O) groups is 2. The van der Waals surface area contributed by atoms with E-state index in [-0.39, 0.29) is 16.9 Å². The maximum atomic E-state index is 13.3. The van der Waals surface area contributed by atoms with E-state index < -0.39 is 11.6 Å². The molecule has 1 heterocycles. The van der Waals surface area contributed by atoms with Gasteiger partial charge in [0.2, 0.25) is 0 Å². The lowest BCUT2D eigenvalue weighted by Gasteiger charge is -1.98. The highest BCUT2D eigenvalue weighted by Crippen LogP contribution is 2.15. The molecule has 0 atom stereocenters. The third-order valence-corrected chi connectivity index (χ3v) is 2.12. The van der Waals surface area contributed by atoms with Crippen LogP contribution in [0.15, 0.2) is 41.0 Å². The standard InChI is InChI=1S/C12H7FO3/c13-11-4-2-1-3-10(11)12(15)8-5-9(6-14)16-7-8/h1-7H. The van der Waals surface area contributed by atoms with E-state index >= 15 is 0 Å². The number of benzene rings is 1. The topological polar surface area (TPSA) is 47.3 Å². The zero-order valence-electron chi connectivity index (χ0n) is 8.14. The van der Waals surface area contributed by atoms with Crippen molar-refractivity contribution in [3.63, 3.8) is 0 Å². The van der Waals surface area contributed by atoms with E-state index in [1.807, 2.05) is 0 Å². The lowest BCUT2D eigenvalue weighted by molar-refractivity contribution is 0.103. The van der Waals surface area contributed by atoms with Gasteiger partial charge in [-0.25, -0.2) is 4.39 Å². The molecule has 2 aromatic rings. The number of hydrogen-bond donors (Lipinski definition) is 0. The van der Waals surface area contributed by atoms with Gasteiger partial charge in [0, 0.05) is 0 Å². The molecule has 0 aliphatic rings. The van der Waals surface area contributed by atoms with Crippen LogP contribution >= 0.6 is 0 Å². The predicted octanol–water partition coefficient (Wildman–Crippen LogP) is 2.46. The van der Waals surface area contributed by atoms with Gasteiger partial charge in [-0.2, -0.15) is 0 Å². The first-order valence-corrected chi connectivity index (χ1v) is 4.55. The Balaban J connectivity index is 2.39. The molecule has 0 radical (unpaired) electrons. The van der Waals surface area contributed by atoms with Crippen molar-refractivity contribution in [2.45, 2.75) is 0 Å². The number of halogens is 1. The quantitative estimate of drug-likeness (QED) is 0.587. The molecule has 0 aliphatic heterocycles. The van der Waals surface area contributed by atoms with Crippen molar-refractivity contribution in [2.24, 2.45) is 0 Å². The van der Waals surface area contributed by atoms with Gasteiger partial charge in [-0.05, 0) is 18.2 Å². The second-order valence-electron chi connectivity index (χ2n) is 3.16. The Morgan fingerprint density at radius 1 is 1.31 bits per heavy atom. The molecule has 1 aromatic heterocycles. The molecule has 4 heteroatoms. The molecule has 0 N–H and O–H groups in total. The number of aldehydes is 1. The molecule has 0 fully saturated rings. The molecule has 16 heavy (non-hydrogen) atoms. The van der Waals surface area contributed by atoms with Crippen molar-refractivity contribution in [1.82, 2.24) is 0 Å². The average molecular weight is 218 g/mol. The Morgan fingerprint density at radius 3 is 2.69 bits per heavy atom. The van der Waals surface area contributed by atoms with E-state index in [0.717, 1.165) is 6.26 Å². The summed E-state index contributed by atoms with van der Waals surface area (Å²) in [6, 6.07) is 6.93. The Morgan fingerprint density at radius 2 is 2.06 bits per heavy atom. The van der Waals surface area contributed by atoms with Gasteiger partial charge in [0.15, 0.2) is 17.8 Å². The summed E-state index contributed by atoms with van der Waals surface area (Å²) in [5, 5.41) is 0. The van der Waals surface area contributed by atoms with E-state index in [9.17, 15) is 14.0 Å². The summed E-state index contributed by atoms with van der Waals surface area (Å²) in [6.07, 6.45) is 1.62. The molecule has 0 unspecified atom stereocenters. The maximum Gasteiger partial charge on any atom is 0.199 e. The van der Waals surface area contributed by atoms with Crippen molar-refractivity contribution in [1.29, 1.82) is 0 Å². The van der Waals surface area contributed by atoms with Crippen LogP contribution in [0, 0.1) is 5.82 Å². The minimum atomic E-state index is -0.596. The molecule has 0 bridgehead atoms. The lowest BCUT2D eigenvalue weighted by atomic mass is 10.1. The highest BCUT2D eigenvalue weighted by molar-refractivity contribution is 6.09. The van der Waals surface area contributed by atoms with E-state index in [1.54, 1.807) is 6.07 Å². The fraction of sp³-hybridized carbons (Fsp3) is 0. The third-order valence-electron chi connectivity index (χ3n) is 2.12. The first-order valence-electron chi connectivity index (χ1n) is 4.55. The lowest BCUT2D eigenvalue weighted by Crippen LogP contribution is -2.02. The molecule has 0 saturated heterocycles. The number of rotatable bonds is 3. The van der Waals surface area contributed by atoms with Crippen LogP contribution < -0.4 is 0 Å². The van der Waals surface area contributed by atoms with Crippen molar-refractivity contribution in [2.75, 3.05) is 0 Å². The fourth-order valence-corrected chi connectivity index (χ4v) is 1.33. The van der Waals surface area contributed by atoms with Gasteiger partial charge in [0.25, 0.3) is 0 Å². The molecule has 2 rings (SSSR count). The fourth-order valence-electron chi connectivity index (χ4n) is 1.33. The van der Waals surface area contributed by atoms with Crippen LogP contribution in [0.2, 0.25) is 0 Å². The molecule has 3 nitrogen and oxygen atoms in total. The van der Waals surface area contributed by atoms with E-state index in [4.69, 9.17) is 4.42 Å². The van der Waals surface area contributed by atoms with Crippen LogP contribution in [-0.4, -0.2) is 12.1 Å². The first kappa shape index (κ1) is 10.3. The van der Waals surface area contributed by atoms with Gasteiger partial charge in [-0.1, -0.05) is 12.1 Å². The normalized spacial score (nSPS) is 10.1. The zero-order valence-corrected chi connectivity index (χ0v) is 8.14.